The average Bonchev–Trinajstić information content (AvgIpc) is 2.60. The number of methoxy groups -OCH3 is 2. The Balaban J connectivity index is 0.00000288. The molecule has 1 aromatic rings. The van der Waals surface area contributed by atoms with Crippen LogP contribution in [0.15, 0.2) is 18.2 Å². The van der Waals surface area contributed by atoms with E-state index in [2.05, 4.69) is 5.32 Å². The van der Waals surface area contributed by atoms with Crippen molar-refractivity contribution in [3.8, 4) is 11.5 Å². The van der Waals surface area contributed by atoms with E-state index in [9.17, 15) is 4.79 Å². The van der Waals surface area contributed by atoms with Crippen molar-refractivity contribution in [1.29, 1.82) is 0 Å². The Morgan fingerprint density at radius 2 is 1.75 bits per heavy atom. The van der Waals surface area contributed by atoms with Crippen molar-refractivity contribution in [3.05, 3.63) is 23.8 Å². The van der Waals surface area contributed by atoms with Gasteiger partial charge < -0.3 is 19.7 Å². The fourth-order valence-corrected chi connectivity index (χ4v) is 3.10. The van der Waals surface area contributed by atoms with Crippen LogP contribution in [0.4, 0.5) is 0 Å². The van der Waals surface area contributed by atoms with E-state index in [1.807, 2.05) is 30.1 Å². The smallest absolute Gasteiger partial charge is 0.222 e. The predicted molar refractivity (Wildman–Crippen MR) is 98.3 cm³/mol. The quantitative estimate of drug-likeness (QED) is 0.815. The predicted octanol–water partition coefficient (Wildman–Crippen LogP) is 2.52. The molecule has 0 spiro atoms. The number of likely N-dealkylation sites (tertiary alicyclic amines) is 1. The molecular formula is C18H29ClN2O3. The second kappa shape index (κ2) is 10.4. The maximum atomic E-state index is 12.4. The lowest BCUT2D eigenvalue weighted by Gasteiger charge is -2.32. The van der Waals surface area contributed by atoms with Gasteiger partial charge in [-0.3, -0.25) is 4.79 Å². The van der Waals surface area contributed by atoms with Crippen molar-refractivity contribution in [2.75, 3.05) is 40.9 Å². The number of piperidine rings is 1. The molecular weight excluding hydrogens is 328 g/mol. The van der Waals surface area contributed by atoms with Crippen LogP contribution in [0, 0.1) is 5.92 Å². The molecule has 136 valence electrons. The fourth-order valence-electron chi connectivity index (χ4n) is 3.10. The van der Waals surface area contributed by atoms with Gasteiger partial charge in [-0.1, -0.05) is 0 Å². The molecule has 5 nitrogen and oxygen atoms in total. The highest BCUT2D eigenvalue weighted by molar-refractivity contribution is 5.85. The Bertz CT molecular complexity index is 495. The van der Waals surface area contributed by atoms with E-state index >= 15 is 0 Å². The SMILES string of the molecule is CNCC1CCN(C(=O)CCc2cc(OC)cc(OC)c2)CC1.Cl. The maximum Gasteiger partial charge on any atom is 0.222 e. The van der Waals surface area contributed by atoms with Gasteiger partial charge in [0.1, 0.15) is 11.5 Å². The Morgan fingerprint density at radius 1 is 1.17 bits per heavy atom. The summed E-state index contributed by atoms with van der Waals surface area (Å²) in [7, 11) is 5.26. The number of nitrogens with zero attached hydrogens (tertiary/aromatic N) is 1. The van der Waals surface area contributed by atoms with Crippen molar-refractivity contribution in [2.24, 2.45) is 5.92 Å². The van der Waals surface area contributed by atoms with E-state index in [1.165, 1.54) is 0 Å². The van der Waals surface area contributed by atoms with Gasteiger partial charge in [-0.15, -0.1) is 12.4 Å². The number of hydrogen-bond acceptors (Lipinski definition) is 4. The van der Waals surface area contributed by atoms with Crippen LogP contribution >= 0.6 is 12.4 Å². The van der Waals surface area contributed by atoms with Gasteiger partial charge in [0, 0.05) is 25.6 Å². The van der Waals surface area contributed by atoms with Gasteiger partial charge in [0.15, 0.2) is 0 Å². The first-order valence-corrected chi connectivity index (χ1v) is 8.30. The standard InChI is InChI=1S/C18H28N2O3.ClH/c1-19-13-14-6-8-20(9-7-14)18(21)5-4-15-10-16(22-2)12-17(11-15)23-3;/h10-12,14,19H,4-9,13H2,1-3H3;1H. The van der Waals surface area contributed by atoms with Gasteiger partial charge in [-0.2, -0.15) is 0 Å². The molecule has 1 amide bonds. The first-order chi connectivity index (χ1) is 11.2. The van der Waals surface area contributed by atoms with E-state index in [1.54, 1.807) is 14.2 Å². The number of nitrogens with one attached hydrogen (secondary N) is 1. The van der Waals surface area contributed by atoms with Crippen molar-refractivity contribution in [1.82, 2.24) is 10.2 Å². The third-order valence-electron chi connectivity index (χ3n) is 4.50. The van der Waals surface area contributed by atoms with Crippen molar-refractivity contribution in [2.45, 2.75) is 25.7 Å². The summed E-state index contributed by atoms with van der Waals surface area (Å²) in [6.07, 6.45) is 3.44. The summed E-state index contributed by atoms with van der Waals surface area (Å²) in [4.78, 5) is 14.4. The van der Waals surface area contributed by atoms with E-state index in [-0.39, 0.29) is 18.3 Å². The zero-order chi connectivity index (χ0) is 16.7. The van der Waals surface area contributed by atoms with Crippen LogP contribution in [-0.2, 0) is 11.2 Å². The van der Waals surface area contributed by atoms with Gasteiger partial charge in [-0.05, 0) is 56.5 Å². The molecule has 1 aliphatic heterocycles. The molecule has 0 radical (unpaired) electrons. The Hall–Kier alpha value is -1.46. The number of rotatable bonds is 7. The monoisotopic (exact) mass is 356 g/mol. The van der Waals surface area contributed by atoms with Crippen LogP contribution in [-0.4, -0.2) is 51.7 Å². The molecule has 24 heavy (non-hydrogen) atoms. The van der Waals surface area contributed by atoms with E-state index in [4.69, 9.17) is 9.47 Å². The largest absolute Gasteiger partial charge is 0.497 e. The minimum atomic E-state index is 0. The molecule has 1 heterocycles. The summed E-state index contributed by atoms with van der Waals surface area (Å²) in [5.74, 6) is 2.47. The van der Waals surface area contributed by atoms with Gasteiger partial charge in [0.25, 0.3) is 0 Å². The van der Waals surface area contributed by atoms with Crippen LogP contribution in [0.25, 0.3) is 0 Å². The first-order valence-electron chi connectivity index (χ1n) is 8.30. The molecule has 1 saturated heterocycles. The van der Waals surface area contributed by atoms with Gasteiger partial charge >= 0.3 is 0 Å². The number of halogens is 1. The molecule has 0 aliphatic carbocycles. The molecule has 0 unspecified atom stereocenters. The van der Waals surface area contributed by atoms with Crippen LogP contribution in [0.5, 0.6) is 11.5 Å². The second-order valence-corrected chi connectivity index (χ2v) is 6.10. The molecule has 2 rings (SSSR count). The second-order valence-electron chi connectivity index (χ2n) is 6.10. The zero-order valence-electron chi connectivity index (χ0n) is 14.8. The lowest BCUT2D eigenvalue weighted by atomic mass is 9.96. The van der Waals surface area contributed by atoms with Crippen LogP contribution in [0.3, 0.4) is 0 Å². The van der Waals surface area contributed by atoms with E-state index in [0.717, 1.165) is 49.5 Å². The summed E-state index contributed by atoms with van der Waals surface area (Å²) in [6, 6.07) is 5.78. The Kier molecular flexibility index (Phi) is 8.93. The number of amides is 1. The normalized spacial score (nSPS) is 14.9. The molecule has 0 aromatic heterocycles. The summed E-state index contributed by atoms with van der Waals surface area (Å²) in [5.41, 5.74) is 1.07. The van der Waals surface area contributed by atoms with E-state index < -0.39 is 0 Å². The first kappa shape index (κ1) is 20.6. The molecule has 0 saturated carbocycles. The maximum absolute atomic E-state index is 12.4. The van der Waals surface area contributed by atoms with Crippen molar-refractivity contribution in [3.63, 3.8) is 0 Å². The minimum absolute atomic E-state index is 0. The lowest BCUT2D eigenvalue weighted by Crippen LogP contribution is -2.40. The zero-order valence-corrected chi connectivity index (χ0v) is 15.7. The van der Waals surface area contributed by atoms with E-state index in [0.29, 0.717) is 18.8 Å². The van der Waals surface area contributed by atoms with Gasteiger partial charge in [-0.25, -0.2) is 0 Å². The molecule has 0 bridgehead atoms. The summed E-state index contributed by atoms with van der Waals surface area (Å²) >= 11 is 0. The number of carbonyl (C=O) groups excluding carboxylic acids is 1. The number of ether oxygens (including phenoxy) is 2. The number of hydrogen-bond donors (Lipinski definition) is 1. The lowest BCUT2D eigenvalue weighted by molar-refractivity contribution is -0.132. The van der Waals surface area contributed by atoms with Crippen molar-refractivity contribution < 1.29 is 14.3 Å². The number of carbonyl (C=O) groups is 1. The molecule has 1 fully saturated rings. The topological polar surface area (TPSA) is 50.8 Å². The highest BCUT2D eigenvalue weighted by Crippen LogP contribution is 2.24. The average molecular weight is 357 g/mol. The molecule has 1 aliphatic rings. The highest BCUT2D eigenvalue weighted by atomic mass is 35.5. The molecule has 1 aromatic carbocycles. The number of benzene rings is 1. The third-order valence-corrected chi connectivity index (χ3v) is 4.50. The summed E-state index contributed by atoms with van der Waals surface area (Å²) < 4.78 is 10.5. The molecule has 1 N–H and O–H groups in total. The number of aryl methyl sites for hydroxylation is 1. The molecule has 0 atom stereocenters. The Morgan fingerprint density at radius 3 is 2.25 bits per heavy atom. The highest BCUT2D eigenvalue weighted by Gasteiger charge is 2.22. The summed E-state index contributed by atoms with van der Waals surface area (Å²) in [6.45, 7) is 2.81. The van der Waals surface area contributed by atoms with Crippen LogP contribution in [0.2, 0.25) is 0 Å². The summed E-state index contributed by atoms with van der Waals surface area (Å²) in [5, 5.41) is 3.22. The minimum Gasteiger partial charge on any atom is -0.497 e. The molecule has 6 heteroatoms. The van der Waals surface area contributed by atoms with Crippen molar-refractivity contribution >= 4 is 18.3 Å². The fraction of sp³-hybridized carbons (Fsp3) is 0.611. The van der Waals surface area contributed by atoms with Gasteiger partial charge in [0.2, 0.25) is 5.91 Å². The van der Waals surface area contributed by atoms with Crippen LogP contribution in [0.1, 0.15) is 24.8 Å². The Labute approximate surface area is 151 Å². The third kappa shape index (κ3) is 5.87. The van der Waals surface area contributed by atoms with Gasteiger partial charge in [0.05, 0.1) is 14.2 Å². The van der Waals surface area contributed by atoms with Crippen LogP contribution < -0.4 is 14.8 Å².